The molecule has 7 nitrogen and oxygen atoms in total. The highest BCUT2D eigenvalue weighted by Crippen LogP contribution is 2.20. The zero-order chi connectivity index (χ0) is 12.3. The van der Waals surface area contributed by atoms with E-state index in [2.05, 4.69) is 15.5 Å². The average Bonchev–Trinajstić information content (AvgIpc) is 2.96. The van der Waals surface area contributed by atoms with Gasteiger partial charge in [0.05, 0.1) is 18.4 Å². The second-order valence-corrected chi connectivity index (χ2v) is 4.08. The highest BCUT2D eigenvalue weighted by Gasteiger charge is 2.17. The summed E-state index contributed by atoms with van der Waals surface area (Å²) in [5.41, 5.74) is 5.77. The summed E-state index contributed by atoms with van der Waals surface area (Å²) >= 11 is 1.29. The van der Waals surface area contributed by atoms with Crippen LogP contribution in [0, 0.1) is 0 Å². The van der Waals surface area contributed by atoms with Crippen LogP contribution in [0.5, 0.6) is 0 Å². The van der Waals surface area contributed by atoms with E-state index in [1.54, 1.807) is 17.6 Å². The van der Waals surface area contributed by atoms with Gasteiger partial charge in [-0.2, -0.15) is 0 Å². The molecular formula is C9H10N4O3S. The van der Waals surface area contributed by atoms with Crippen LogP contribution in [0.1, 0.15) is 17.5 Å². The minimum atomic E-state index is -1.10. The van der Waals surface area contributed by atoms with Crippen LogP contribution in [0.25, 0.3) is 0 Å². The van der Waals surface area contributed by atoms with Crippen LogP contribution in [0.4, 0.5) is 5.13 Å². The van der Waals surface area contributed by atoms with Crippen molar-refractivity contribution in [2.24, 2.45) is 5.73 Å². The van der Waals surface area contributed by atoms with Gasteiger partial charge in [0, 0.05) is 11.4 Å². The topological polar surface area (TPSA) is 114 Å². The number of nitrogens with one attached hydrogen (secondary N) is 1. The Morgan fingerprint density at radius 1 is 1.71 bits per heavy atom. The molecule has 2 heterocycles. The van der Waals surface area contributed by atoms with Crippen molar-refractivity contribution in [1.29, 1.82) is 0 Å². The van der Waals surface area contributed by atoms with E-state index in [0.29, 0.717) is 23.1 Å². The van der Waals surface area contributed by atoms with Gasteiger partial charge in [0.15, 0.2) is 10.9 Å². The van der Waals surface area contributed by atoms with E-state index in [-0.39, 0.29) is 0 Å². The zero-order valence-corrected chi connectivity index (χ0v) is 9.48. The van der Waals surface area contributed by atoms with Crippen molar-refractivity contribution in [2.45, 2.75) is 12.6 Å². The molecule has 0 radical (unpaired) electrons. The Balaban J connectivity index is 1.96. The van der Waals surface area contributed by atoms with E-state index >= 15 is 0 Å². The van der Waals surface area contributed by atoms with E-state index < -0.39 is 12.0 Å². The maximum Gasteiger partial charge on any atom is 0.326 e. The van der Waals surface area contributed by atoms with Gasteiger partial charge in [0.1, 0.15) is 6.04 Å². The fourth-order valence-corrected chi connectivity index (χ4v) is 1.88. The molecule has 0 aliphatic rings. The Kier molecular flexibility index (Phi) is 3.35. The van der Waals surface area contributed by atoms with E-state index in [1.807, 2.05) is 0 Å². The third-order valence-corrected chi connectivity index (χ3v) is 2.83. The zero-order valence-electron chi connectivity index (χ0n) is 8.66. The van der Waals surface area contributed by atoms with Gasteiger partial charge in [-0.15, -0.1) is 11.3 Å². The molecule has 2 aromatic heterocycles. The Morgan fingerprint density at radius 3 is 3.18 bits per heavy atom. The number of thiazole rings is 1. The first kappa shape index (κ1) is 11.6. The fraction of sp³-hybridized carbons (Fsp3) is 0.222. The molecule has 0 saturated heterocycles. The normalized spacial score (nSPS) is 12.3. The molecular weight excluding hydrogens is 244 g/mol. The quantitative estimate of drug-likeness (QED) is 0.723. The summed E-state index contributed by atoms with van der Waals surface area (Å²) in [6.07, 6.45) is 1.55. The van der Waals surface area contributed by atoms with E-state index in [0.717, 1.165) is 0 Å². The van der Waals surface area contributed by atoms with Crippen molar-refractivity contribution >= 4 is 22.4 Å². The number of nitrogens with zero attached hydrogens (tertiary/aromatic N) is 2. The summed E-state index contributed by atoms with van der Waals surface area (Å²) in [7, 11) is 0. The first-order valence-electron chi connectivity index (χ1n) is 4.74. The molecule has 0 aliphatic carbocycles. The van der Waals surface area contributed by atoms with Crippen LogP contribution in [0.15, 0.2) is 22.2 Å². The Hall–Kier alpha value is -1.93. The second kappa shape index (κ2) is 4.93. The molecule has 4 N–H and O–H groups in total. The van der Waals surface area contributed by atoms with Crippen molar-refractivity contribution in [2.75, 3.05) is 5.32 Å². The lowest BCUT2D eigenvalue weighted by Gasteiger charge is -2.01. The molecule has 8 heteroatoms. The molecule has 0 bridgehead atoms. The lowest BCUT2D eigenvalue weighted by molar-refractivity contribution is -0.138. The lowest BCUT2D eigenvalue weighted by atomic mass is 10.2. The number of rotatable bonds is 5. The van der Waals surface area contributed by atoms with Crippen molar-refractivity contribution in [3.63, 3.8) is 0 Å². The van der Waals surface area contributed by atoms with Gasteiger partial charge in [0.25, 0.3) is 0 Å². The number of anilines is 1. The van der Waals surface area contributed by atoms with Crippen LogP contribution in [0.2, 0.25) is 0 Å². The summed E-state index contributed by atoms with van der Waals surface area (Å²) in [5.74, 6) is -0.429. The summed E-state index contributed by atoms with van der Waals surface area (Å²) < 4.78 is 4.89. The number of carboxylic acids is 1. The van der Waals surface area contributed by atoms with Crippen molar-refractivity contribution < 1.29 is 14.4 Å². The predicted molar refractivity (Wildman–Crippen MR) is 60.5 cm³/mol. The smallest absolute Gasteiger partial charge is 0.326 e. The Morgan fingerprint density at radius 2 is 2.53 bits per heavy atom. The third kappa shape index (κ3) is 2.80. The van der Waals surface area contributed by atoms with E-state index in [9.17, 15) is 4.79 Å². The summed E-state index contributed by atoms with van der Waals surface area (Å²) in [4.78, 5) is 14.7. The lowest BCUT2D eigenvalue weighted by Crippen LogP contribution is -2.20. The number of aliphatic carboxylic acids is 1. The number of nitrogens with two attached hydrogens (primary N) is 1. The Labute approximate surface area is 100 Å². The van der Waals surface area contributed by atoms with Crippen LogP contribution in [0.3, 0.4) is 0 Å². The number of hydrogen-bond donors (Lipinski definition) is 3. The highest BCUT2D eigenvalue weighted by atomic mass is 32.1. The average molecular weight is 254 g/mol. The molecule has 0 aromatic carbocycles. The fourth-order valence-electron chi connectivity index (χ4n) is 1.13. The van der Waals surface area contributed by atoms with E-state index in [4.69, 9.17) is 15.4 Å². The molecule has 90 valence electrons. The minimum Gasteiger partial charge on any atom is -0.480 e. The van der Waals surface area contributed by atoms with Gasteiger partial charge in [-0.1, -0.05) is 5.16 Å². The molecule has 0 fully saturated rings. The third-order valence-electron chi connectivity index (χ3n) is 2.01. The van der Waals surface area contributed by atoms with E-state index in [1.165, 1.54) is 11.3 Å². The van der Waals surface area contributed by atoms with Crippen LogP contribution in [-0.4, -0.2) is 21.2 Å². The predicted octanol–water partition coefficient (Wildman–Crippen LogP) is 0.828. The van der Waals surface area contributed by atoms with Gasteiger partial charge >= 0.3 is 5.97 Å². The first-order chi connectivity index (χ1) is 8.16. The number of aromatic nitrogens is 2. The van der Waals surface area contributed by atoms with Crippen LogP contribution >= 0.6 is 11.3 Å². The monoisotopic (exact) mass is 254 g/mol. The standard InChI is InChI=1S/C9H10N4O3S/c10-7(8(14)15)6-4-17-9(13-6)11-3-5-1-2-12-16-5/h1-2,4,7H,3,10H2,(H,11,13)(H,14,15). The molecule has 0 spiro atoms. The number of carboxylic acid groups (broad SMARTS) is 1. The summed E-state index contributed by atoms with van der Waals surface area (Å²) in [6.45, 7) is 0.440. The molecule has 17 heavy (non-hydrogen) atoms. The van der Waals surface area contributed by atoms with Gasteiger partial charge in [-0.05, 0) is 0 Å². The molecule has 2 rings (SSSR count). The first-order valence-corrected chi connectivity index (χ1v) is 5.62. The maximum absolute atomic E-state index is 10.6. The van der Waals surface area contributed by atoms with Gasteiger partial charge in [-0.3, -0.25) is 4.79 Å². The molecule has 0 saturated carbocycles. The van der Waals surface area contributed by atoms with Gasteiger partial charge in [0.2, 0.25) is 0 Å². The molecule has 0 amide bonds. The van der Waals surface area contributed by atoms with Gasteiger partial charge < -0.3 is 20.7 Å². The van der Waals surface area contributed by atoms with Crippen molar-refractivity contribution in [3.8, 4) is 0 Å². The van der Waals surface area contributed by atoms with Crippen LogP contribution < -0.4 is 11.1 Å². The SMILES string of the molecule is NC(C(=O)O)c1csc(NCc2ccno2)n1. The summed E-state index contributed by atoms with van der Waals surface area (Å²) in [6, 6.07) is 0.636. The molecule has 0 aliphatic heterocycles. The van der Waals surface area contributed by atoms with Gasteiger partial charge in [-0.25, -0.2) is 4.98 Å². The maximum atomic E-state index is 10.6. The number of carbonyl (C=O) groups is 1. The largest absolute Gasteiger partial charge is 0.480 e. The minimum absolute atomic E-state index is 0.336. The van der Waals surface area contributed by atoms with Crippen LogP contribution in [-0.2, 0) is 11.3 Å². The number of hydrogen-bond acceptors (Lipinski definition) is 7. The highest BCUT2D eigenvalue weighted by molar-refractivity contribution is 7.13. The molecule has 2 aromatic rings. The van der Waals surface area contributed by atoms with Crippen molar-refractivity contribution in [1.82, 2.24) is 10.1 Å². The molecule has 1 atom stereocenters. The molecule has 1 unspecified atom stereocenters. The second-order valence-electron chi connectivity index (χ2n) is 3.23. The Bertz CT molecular complexity index is 496. The summed E-state index contributed by atoms with van der Waals surface area (Å²) in [5, 5.41) is 17.5. The van der Waals surface area contributed by atoms with Crippen molar-refractivity contribution in [3.05, 3.63) is 29.1 Å².